The van der Waals surface area contributed by atoms with Gasteiger partial charge in [-0.25, -0.2) is 24.0 Å². The van der Waals surface area contributed by atoms with Crippen LogP contribution in [-0.2, 0) is 30.4 Å². The van der Waals surface area contributed by atoms with Gasteiger partial charge in [0.25, 0.3) is 0 Å². The summed E-state index contributed by atoms with van der Waals surface area (Å²) < 4.78 is 0. The van der Waals surface area contributed by atoms with E-state index in [0.29, 0.717) is 5.56 Å². The van der Waals surface area contributed by atoms with Gasteiger partial charge in [0.1, 0.15) is 11.1 Å². The van der Waals surface area contributed by atoms with Gasteiger partial charge in [-0.3, -0.25) is 0 Å². The first-order chi connectivity index (χ1) is 14.0. The molecule has 10 heteroatoms. The van der Waals surface area contributed by atoms with Gasteiger partial charge in [0.2, 0.25) is 30.4 Å². The molecule has 0 spiro atoms. The quantitative estimate of drug-likeness (QED) is 0.517. The van der Waals surface area contributed by atoms with Gasteiger partial charge in [0.05, 0.1) is 17.1 Å². The maximum Gasteiger partial charge on any atom is 0.240 e. The average Bonchev–Trinajstić information content (AvgIpc) is 2.69. The van der Waals surface area contributed by atoms with Crippen molar-refractivity contribution in [3.63, 3.8) is 0 Å². The molecule has 0 aromatic heterocycles. The average molecular weight is 389 g/mol. The summed E-state index contributed by atoms with van der Waals surface area (Å²) >= 11 is 0. The third-order valence-electron chi connectivity index (χ3n) is 4.52. The van der Waals surface area contributed by atoms with Gasteiger partial charge in [-0.15, -0.1) is 0 Å². The third-order valence-corrected chi connectivity index (χ3v) is 4.52. The molecular formula is C19H11N5O5. The Morgan fingerprint density at radius 1 is 0.862 bits per heavy atom. The molecule has 1 aromatic carbocycles. The lowest BCUT2D eigenvalue weighted by atomic mass is 9.70. The van der Waals surface area contributed by atoms with Crippen molar-refractivity contribution >= 4 is 41.8 Å². The molecule has 0 saturated heterocycles. The van der Waals surface area contributed by atoms with Crippen LogP contribution in [0.5, 0.6) is 0 Å². The van der Waals surface area contributed by atoms with Gasteiger partial charge >= 0.3 is 0 Å². The Morgan fingerprint density at radius 3 is 2.17 bits per heavy atom. The second-order valence-electron chi connectivity index (χ2n) is 5.91. The number of hydrogen-bond acceptors (Lipinski definition) is 10. The minimum absolute atomic E-state index is 0.0139. The van der Waals surface area contributed by atoms with Gasteiger partial charge < -0.3 is 0 Å². The first-order valence-electron chi connectivity index (χ1n) is 7.95. The molecule has 2 rings (SSSR count). The van der Waals surface area contributed by atoms with Crippen molar-refractivity contribution in [3.05, 3.63) is 47.7 Å². The van der Waals surface area contributed by atoms with Crippen molar-refractivity contribution in [2.45, 2.75) is 24.4 Å². The summed E-state index contributed by atoms with van der Waals surface area (Å²) in [7, 11) is 0. The molecule has 0 amide bonds. The van der Waals surface area contributed by atoms with Crippen molar-refractivity contribution in [3.8, 4) is 0 Å². The lowest BCUT2D eigenvalue weighted by molar-refractivity contribution is 0.333. The molecule has 2 unspecified atom stereocenters. The normalized spacial score (nSPS) is 21.8. The summed E-state index contributed by atoms with van der Waals surface area (Å²) in [5.74, 6) is 0. The Hall–Kier alpha value is -4.40. The number of isocyanates is 5. The van der Waals surface area contributed by atoms with Crippen molar-refractivity contribution in [1.82, 2.24) is 0 Å². The van der Waals surface area contributed by atoms with Crippen LogP contribution < -0.4 is 0 Å². The second kappa shape index (κ2) is 9.00. The number of benzene rings is 1. The van der Waals surface area contributed by atoms with Crippen LogP contribution in [0.4, 0.5) is 11.4 Å². The number of hydrogen-bond donors (Lipinski definition) is 0. The number of aliphatic imine (C=N–C) groups is 5. The molecule has 10 nitrogen and oxygen atoms in total. The zero-order valence-electron chi connectivity index (χ0n) is 14.9. The highest BCUT2D eigenvalue weighted by Gasteiger charge is 2.52. The molecule has 0 saturated carbocycles. The smallest absolute Gasteiger partial charge is 0.211 e. The van der Waals surface area contributed by atoms with E-state index in [1.165, 1.54) is 73.8 Å². The van der Waals surface area contributed by atoms with E-state index in [4.69, 9.17) is 0 Å². The fraction of sp³-hybridized carbons (Fsp3) is 0.211. The van der Waals surface area contributed by atoms with E-state index in [9.17, 15) is 24.0 Å². The topological polar surface area (TPSA) is 147 Å². The molecule has 1 aliphatic rings. The molecule has 1 aromatic rings. The zero-order valence-corrected chi connectivity index (χ0v) is 14.9. The summed E-state index contributed by atoms with van der Waals surface area (Å²) in [4.78, 5) is 72.7. The number of allylic oxidation sites excluding steroid dienone is 2. The van der Waals surface area contributed by atoms with Crippen LogP contribution in [0.3, 0.4) is 0 Å². The van der Waals surface area contributed by atoms with Gasteiger partial charge in [0.15, 0.2) is 0 Å². The Balaban J connectivity index is 2.75. The maximum absolute atomic E-state index is 11.2. The number of rotatable bonds is 7. The molecule has 0 aliphatic heterocycles. The van der Waals surface area contributed by atoms with E-state index in [1.807, 2.05) is 0 Å². The first kappa shape index (κ1) is 20.9. The first-order valence-corrected chi connectivity index (χ1v) is 7.95. The van der Waals surface area contributed by atoms with E-state index >= 15 is 0 Å². The molecule has 0 fully saturated rings. The largest absolute Gasteiger partial charge is 0.240 e. The van der Waals surface area contributed by atoms with E-state index < -0.39 is 11.1 Å². The van der Waals surface area contributed by atoms with Crippen molar-refractivity contribution in [2.24, 2.45) is 25.0 Å². The predicted molar refractivity (Wildman–Crippen MR) is 98.4 cm³/mol. The summed E-state index contributed by atoms with van der Waals surface area (Å²) in [6, 6.07) is 4.28. The van der Waals surface area contributed by atoms with Crippen LogP contribution >= 0.6 is 0 Å². The fourth-order valence-corrected chi connectivity index (χ4v) is 3.05. The SMILES string of the molecule is CC1(N=C=O)C(N=C=O)=CC=CC1(Cc1ccc(N=C=O)cc1N=C=O)N=C=O. The highest BCUT2D eigenvalue weighted by molar-refractivity contribution is 5.63. The van der Waals surface area contributed by atoms with Crippen LogP contribution in [0.2, 0.25) is 0 Å². The van der Waals surface area contributed by atoms with Gasteiger partial charge in [-0.05, 0) is 30.7 Å². The van der Waals surface area contributed by atoms with Crippen LogP contribution in [0, 0.1) is 0 Å². The predicted octanol–water partition coefficient (Wildman–Crippen LogP) is 2.12. The summed E-state index contributed by atoms with van der Waals surface area (Å²) in [6.45, 7) is 1.43. The highest BCUT2D eigenvalue weighted by Crippen LogP contribution is 2.44. The molecule has 0 radical (unpaired) electrons. The number of carbonyl (C=O) groups excluding carboxylic acids is 5. The number of nitrogens with zero attached hydrogens (tertiary/aromatic N) is 5. The van der Waals surface area contributed by atoms with Gasteiger partial charge in [-0.2, -0.15) is 25.0 Å². The van der Waals surface area contributed by atoms with E-state index in [-0.39, 0.29) is 23.5 Å². The molecular weight excluding hydrogens is 378 g/mol. The zero-order chi connectivity index (χ0) is 21.3. The van der Waals surface area contributed by atoms with E-state index in [1.54, 1.807) is 0 Å². The molecule has 29 heavy (non-hydrogen) atoms. The molecule has 2 atom stereocenters. The lowest BCUT2D eigenvalue weighted by Crippen LogP contribution is -2.52. The van der Waals surface area contributed by atoms with E-state index in [0.717, 1.165) is 0 Å². The fourth-order valence-electron chi connectivity index (χ4n) is 3.05. The molecule has 142 valence electrons. The Labute approximate surface area is 163 Å². The highest BCUT2D eigenvalue weighted by atomic mass is 16.1. The van der Waals surface area contributed by atoms with Crippen LogP contribution in [0.25, 0.3) is 0 Å². The van der Waals surface area contributed by atoms with Crippen molar-refractivity contribution in [1.29, 1.82) is 0 Å². The molecule has 0 bridgehead atoms. The molecule has 0 heterocycles. The Bertz CT molecular complexity index is 1140. The summed E-state index contributed by atoms with van der Waals surface area (Å²) in [5, 5.41) is 0. The molecule has 1 aliphatic carbocycles. The third kappa shape index (κ3) is 3.98. The minimum atomic E-state index is -1.61. The Kier molecular flexibility index (Phi) is 6.49. The summed E-state index contributed by atoms with van der Waals surface area (Å²) in [5.41, 5.74) is -2.49. The molecule has 0 N–H and O–H groups in total. The van der Waals surface area contributed by atoms with Crippen LogP contribution in [0.1, 0.15) is 12.5 Å². The van der Waals surface area contributed by atoms with Crippen molar-refractivity contribution in [2.75, 3.05) is 0 Å². The van der Waals surface area contributed by atoms with Gasteiger partial charge in [0, 0.05) is 6.42 Å². The van der Waals surface area contributed by atoms with Crippen LogP contribution in [0.15, 0.2) is 67.1 Å². The standard InChI is InChI=1S/C19H11N5O5/c1-18(23-12-28)17(22-11-27)3-2-6-19(18,24-13-29)8-14-4-5-15(20-9-25)7-16(14)21-10-26/h2-7H,8H2,1H3. The summed E-state index contributed by atoms with van der Waals surface area (Å²) in [6.07, 6.45) is 11.2. The van der Waals surface area contributed by atoms with Gasteiger partial charge in [-0.1, -0.05) is 18.2 Å². The minimum Gasteiger partial charge on any atom is -0.211 e. The monoisotopic (exact) mass is 389 g/mol. The second-order valence-corrected chi connectivity index (χ2v) is 5.91. The van der Waals surface area contributed by atoms with Crippen LogP contribution in [-0.4, -0.2) is 41.5 Å². The van der Waals surface area contributed by atoms with Crippen molar-refractivity contribution < 1.29 is 24.0 Å². The maximum atomic E-state index is 11.2. The van der Waals surface area contributed by atoms with E-state index in [2.05, 4.69) is 25.0 Å². The lowest BCUT2D eigenvalue weighted by Gasteiger charge is -2.41. The Morgan fingerprint density at radius 2 is 1.55 bits per heavy atom.